The maximum Gasteiger partial charge on any atom is 0.245 e. The van der Waals surface area contributed by atoms with Gasteiger partial charge < -0.3 is 11.5 Å². The number of nitrogens with zero attached hydrogens (tertiary/aromatic N) is 1. The minimum atomic E-state index is -3.95. The van der Waals surface area contributed by atoms with Crippen molar-refractivity contribution in [3.8, 4) is 0 Å². The van der Waals surface area contributed by atoms with Crippen LogP contribution >= 0.6 is 23.2 Å². The number of amides is 1. The Morgan fingerprint density at radius 3 is 2.42 bits per heavy atom. The molecular weight excluding hydrogens is 313 g/mol. The average molecular weight is 326 g/mol. The molecular formula is C10H13Cl2N3O3S. The van der Waals surface area contributed by atoms with Crippen molar-refractivity contribution in [3.05, 3.63) is 22.2 Å². The highest BCUT2D eigenvalue weighted by Gasteiger charge is 2.28. The normalized spacial score (nSPS) is 11.8. The summed E-state index contributed by atoms with van der Waals surface area (Å²) in [4.78, 5) is 10.7. The number of anilines is 1. The van der Waals surface area contributed by atoms with Crippen molar-refractivity contribution in [2.75, 3.05) is 18.8 Å². The first-order chi connectivity index (χ1) is 8.71. The second-order valence-electron chi connectivity index (χ2n) is 3.67. The van der Waals surface area contributed by atoms with Gasteiger partial charge in [0.2, 0.25) is 15.9 Å². The van der Waals surface area contributed by atoms with Gasteiger partial charge in [-0.1, -0.05) is 30.1 Å². The highest BCUT2D eigenvalue weighted by Crippen LogP contribution is 2.34. The fourth-order valence-corrected chi connectivity index (χ4v) is 3.58. The van der Waals surface area contributed by atoms with Crippen molar-refractivity contribution in [2.45, 2.75) is 11.8 Å². The molecule has 1 aromatic carbocycles. The van der Waals surface area contributed by atoms with Crippen molar-refractivity contribution in [2.24, 2.45) is 5.73 Å². The number of rotatable bonds is 5. The molecule has 0 aliphatic heterocycles. The molecule has 0 fully saturated rings. The lowest BCUT2D eigenvalue weighted by molar-refractivity contribution is -0.118. The molecule has 1 rings (SSSR count). The molecule has 9 heteroatoms. The molecule has 0 spiro atoms. The molecule has 4 N–H and O–H groups in total. The summed E-state index contributed by atoms with van der Waals surface area (Å²) in [6.45, 7) is 1.22. The van der Waals surface area contributed by atoms with Gasteiger partial charge in [-0.3, -0.25) is 4.79 Å². The molecule has 0 radical (unpaired) electrons. The van der Waals surface area contributed by atoms with Gasteiger partial charge in [0.15, 0.2) is 0 Å². The van der Waals surface area contributed by atoms with Gasteiger partial charge in [-0.15, -0.1) is 0 Å². The third-order valence-electron chi connectivity index (χ3n) is 2.39. The van der Waals surface area contributed by atoms with E-state index in [4.69, 9.17) is 34.7 Å². The Hall–Kier alpha value is -1.02. The van der Waals surface area contributed by atoms with Gasteiger partial charge in [-0.25, -0.2) is 8.42 Å². The zero-order valence-electron chi connectivity index (χ0n) is 10.1. The van der Waals surface area contributed by atoms with E-state index in [0.717, 1.165) is 4.31 Å². The summed E-state index contributed by atoms with van der Waals surface area (Å²) in [5.41, 5.74) is 10.6. The summed E-state index contributed by atoms with van der Waals surface area (Å²) in [6, 6.07) is 2.56. The number of nitrogen functional groups attached to an aromatic ring is 1. The van der Waals surface area contributed by atoms with Crippen LogP contribution < -0.4 is 11.5 Å². The Kier molecular flexibility index (Phi) is 5.03. The second-order valence-corrected chi connectivity index (χ2v) is 6.36. The van der Waals surface area contributed by atoms with Gasteiger partial charge in [-0.05, 0) is 12.1 Å². The number of hydrogen-bond acceptors (Lipinski definition) is 4. The molecule has 106 valence electrons. The molecule has 0 aromatic heterocycles. The SMILES string of the molecule is CCN(CC(N)=O)S(=O)(=O)c1ccc(Cl)c(N)c1Cl. The Morgan fingerprint density at radius 1 is 1.37 bits per heavy atom. The molecule has 0 aliphatic rings. The predicted molar refractivity (Wildman–Crippen MR) is 74.5 cm³/mol. The Morgan fingerprint density at radius 2 is 1.95 bits per heavy atom. The Balaban J connectivity index is 3.34. The molecule has 0 atom stereocenters. The summed E-state index contributed by atoms with van der Waals surface area (Å²) < 4.78 is 25.5. The van der Waals surface area contributed by atoms with Crippen LogP contribution in [-0.4, -0.2) is 31.7 Å². The quantitative estimate of drug-likeness (QED) is 0.789. The van der Waals surface area contributed by atoms with E-state index in [0.29, 0.717) is 0 Å². The van der Waals surface area contributed by atoms with Gasteiger partial charge in [0.1, 0.15) is 4.90 Å². The number of nitrogens with two attached hydrogens (primary N) is 2. The van der Waals surface area contributed by atoms with E-state index >= 15 is 0 Å². The topological polar surface area (TPSA) is 106 Å². The lowest BCUT2D eigenvalue weighted by Crippen LogP contribution is -2.38. The monoisotopic (exact) mass is 325 g/mol. The highest BCUT2D eigenvalue weighted by atomic mass is 35.5. The number of hydrogen-bond donors (Lipinski definition) is 2. The smallest absolute Gasteiger partial charge is 0.245 e. The third-order valence-corrected chi connectivity index (χ3v) is 5.21. The number of likely N-dealkylation sites (N-methyl/N-ethyl adjacent to an activating group) is 1. The molecule has 1 aromatic rings. The first kappa shape index (κ1) is 16.0. The highest BCUT2D eigenvalue weighted by molar-refractivity contribution is 7.89. The standard InChI is InChI=1S/C10H13Cl2N3O3S/c1-2-15(5-8(13)16)19(17,18)7-4-3-6(11)10(14)9(7)12/h3-4H,2,5,14H2,1H3,(H2,13,16). The predicted octanol–water partition coefficient (Wildman–Crippen LogP) is 1.07. The van der Waals surface area contributed by atoms with Gasteiger partial charge in [0, 0.05) is 6.54 Å². The Labute approximate surface area is 121 Å². The van der Waals surface area contributed by atoms with E-state index in [9.17, 15) is 13.2 Å². The van der Waals surface area contributed by atoms with Crippen LogP contribution in [0.3, 0.4) is 0 Å². The minimum absolute atomic E-state index is 0.0282. The Bertz CT molecular complexity index is 604. The average Bonchev–Trinajstić information content (AvgIpc) is 2.32. The lowest BCUT2D eigenvalue weighted by atomic mass is 10.3. The fraction of sp³-hybridized carbons (Fsp3) is 0.300. The lowest BCUT2D eigenvalue weighted by Gasteiger charge is -2.20. The molecule has 19 heavy (non-hydrogen) atoms. The van der Waals surface area contributed by atoms with E-state index in [-0.39, 0.29) is 27.2 Å². The van der Waals surface area contributed by atoms with Gasteiger partial charge >= 0.3 is 0 Å². The second kappa shape index (κ2) is 5.96. The van der Waals surface area contributed by atoms with E-state index in [2.05, 4.69) is 0 Å². The van der Waals surface area contributed by atoms with Crippen LogP contribution in [0, 0.1) is 0 Å². The number of sulfonamides is 1. The van der Waals surface area contributed by atoms with Crippen molar-refractivity contribution < 1.29 is 13.2 Å². The molecule has 0 unspecified atom stereocenters. The number of carbonyl (C=O) groups is 1. The zero-order chi connectivity index (χ0) is 14.8. The number of primary amides is 1. The van der Waals surface area contributed by atoms with Crippen molar-refractivity contribution in [3.63, 3.8) is 0 Å². The summed E-state index contributed by atoms with van der Waals surface area (Å²) in [6.07, 6.45) is 0. The summed E-state index contributed by atoms with van der Waals surface area (Å²) in [7, 11) is -3.95. The minimum Gasteiger partial charge on any atom is -0.396 e. The van der Waals surface area contributed by atoms with Gasteiger partial charge in [0.25, 0.3) is 0 Å². The van der Waals surface area contributed by atoms with Crippen LogP contribution in [0.15, 0.2) is 17.0 Å². The third kappa shape index (κ3) is 3.30. The summed E-state index contributed by atoms with van der Waals surface area (Å²) in [5.74, 6) is -0.761. The van der Waals surface area contributed by atoms with Gasteiger partial charge in [0.05, 0.1) is 22.3 Å². The van der Waals surface area contributed by atoms with Crippen LogP contribution in [0.25, 0.3) is 0 Å². The van der Waals surface area contributed by atoms with E-state index in [1.54, 1.807) is 6.92 Å². The van der Waals surface area contributed by atoms with Crippen LogP contribution in [0.1, 0.15) is 6.92 Å². The molecule has 0 bridgehead atoms. The summed E-state index contributed by atoms with van der Waals surface area (Å²) >= 11 is 11.6. The number of halogens is 2. The van der Waals surface area contributed by atoms with Crippen molar-refractivity contribution in [1.29, 1.82) is 0 Å². The van der Waals surface area contributed by atoms with Crippen LogP contribution in [0.5, 0.6) is 0 Å². The summed E-state index contributed by atoms with van der Waals surface area (Å²) in [5, 5.41) is -0.0164. The van der Waals surface area contributed by atoms with E-state index in [1.807, 2.05) is 0 Å². The number of carbonyl (C=O) groups excluding carboxylic acids is 1. The van der Waals surface area contributed by atoms with Crippen LogP contribution in [0.2, 0.25) is 10.0 Å². The molecule has 0 heterocycles. The van der Waals surface area contributed by atoms with E-state index in [1.165, 1.54) is 12.1 Å². The first-order valence-electron chi connectivity index (χ1n) is 5.23. The zero-order valence-corrected chi connectivity index (χ0v) is 12.4. The molecule has 0 saturated carbocycles. The maximum atomic E-state index is 12.3. The van der Waals surface area contributed by atoms with Crippen LogP contribution in [-0.2, 0) is 14.8 Å². The van der Waals surface area contributed by atoms with Crippen molar-refractivity contribution >= 4 is 44.8 Å². The number of benzene rings is 1. The van der Waals surface area contributed by atoms with E-state index < -0.39 is 22.5 Å². The molecule has 0 saturated heterocycles. The molecule has 0 aliphatic carbocycles. The fourth-order valence-electron chi connectivity index (χ4n) is 1.43. The maximum absolute atomic E-state index is 12.3. The van der Waals surface area contributed by atoms with Crippen LogP contribution in [0.4, 0.5) is 5.69 Å². The first-order valence-corrected chi connectivity index (χ1v) is 7.43. The van der Waals surface area contributed by atoms with Crippen molar-refractivity contribution in [1.82, 2.24) is 4.31 Å². The van der Waals surface area contributed by atoms with Gasteiger partial charge in [-0.2, -0.15) is 4.31 Å². The largest absolute Gasteiger partial charge is 0.396 e. The molecule has 6 nitrogen and oxygen atoms in total. The molecule has 1 amide bonds.